The number of benzene rings is 2. The number of halogens is 6. The first-order valence-electron chi connectivity index (χ1n) is 8.09. The Kier molecular flexibility index (Phi) is 4.93. The van der Waals surface area contributed by atoms with Gasteiger partial charge in [0.15, 0.2) is 5.78 Å². The molecular weight excluding hydrogens is 404 g/mol. The molecule has 0 saturated heterocycles. The van der Waals surface area contributed by atoms with Gasteiger partial charge in [0.1, 0.15) is 6.07 Å². The maximum absolute atomic E-state index is 13.3. The van der Waals surface area contributed by atoms with Gasteiger partial charge in [-0.3, -0.25) is 4.79 Å². The van der Waals surface area contributed by atoms with Crippen LogP contribution in [0.3, 0.4) is 0 Å². The van der Waals surface area contributed by atoms with Gasteiger partial charge in [-0.05, 0) is 23.3 Å². The number of Topliss-reactive ketones (excluding diaryl/α,β-unsaturated/α-hetero) is 1. The number of carbonyl (C=O) groups is 1. The number of alkyl halides is 6. The average Bonchev–Trinajstić information content (AvgIpc) is 2.89. The van der Waals surface area contributed by atoms with E-state index in [0.29, 0.717) is 0 Å². The van der Waals surface area contributed by atoms with Gasteiger partial charge in [0, 0.05) is 5.56 Å². The molecule has 2 N–H and O–H groups in total. The summed E-state index contributed by atoms with van der Waals surface area (Å²) in [4.78, 5) is 12.5. The molecule has 0 saturated carbocycles. The molecular formula is C19H11F6NO3. The number of nitriles is 1. The van der Waals surface area contributed by atoms with Crippen molar-refractivity contribution in [2.24, 2.45) is 5.92 Å². The van der Waals surface area contributed by atoms with E-state index in [1.807, 2.05) is 0 Å². The van der Waals surface area contributed by atoms with Gasteiger partial charge in [0.05, 0.1) is 34.8 Å². The van der Waals surface area contributed by atoms with E-state index in [2.05, 4.69) is 0 Å². The topological polar surface area (TPSA) is 81.3 Å². The van der Waals surface area contributed by atoms with Crippen molar-refractivity contribution in [2.75, 3.05) is 0 Å². The summed E-state index contributed by atoms with van der Waals surface area (Å²) in [5, 5.41) is 29.7. The van der Waals surface area contributed by atoms with Crippen LogP contribution in [0.15, 0.2) is 36.4 Å². The van der Waals surface area contributed by atoms with Gasteiger partial charge in [-0.25, -0.2) is 0 Å². The summed E-state index contributed by atoms with van der Waals surface area (Å²) in [5.74, 6) is -2.51. The van der Waals surface area contributed by atoms with Gasteiger partial charge in [0.25, 0.3) is 0 Å². The molecule has 0 radical (unpaired) electrons. The Morgan fingerprint density at radius 1 is 1.00 bits per heavy atom. The van der Waals surface area contributed by atoms with Crippen molar-refractivity contribution in [1.82, 2.24) is 0 Å². The van der Waals surface area contributed by atoms with E-state index in [9.17, 15) is 41.4 Å². The van der Waals surface area contributed by atoms with Crippen molar-refractivity contribution in [1.29, 1.82) is 5.26 Å². The first-order valence-corrected chi connectivity index (χ1v) is 8.09. The first-order chi connectivity index (χ1) is 13.4. The predicted molar refractivity (Wildman–Crippen MR) is 85.3 cm³/mol. The largest absolute Gasteiger partial charge is 0.417 e. The molecule has 0 spiro atoms. The minimum absolute atomic E-state index is 0.0183. The molecule has 152 valence electrons. The number of fused-ring (bicyclic) bond motifs is 1. The van der Waals surface area contributed by atoms with Crippen molar-refractivity contribution in [3.05, 3.63) is 69.8 Å². The Balaban J connectivity index is 2.17. The number of aliphatic hydroxyl groups excluding tert-OH is 2. The molecule has 2 aromatic carbocycles. The molecule has 0 fully saturated rings. The highest BCUT2D eigenvalue weighted by Crippen LogP contribution is 2.46. The second-order valence-corrected chi connectivity index (χ2v) is 6.47. The van der Waals surface area contributed by atoms with Crippen molar-refractivity contribution < 1.29 is 41.4 Å². The van der Waals surface area contributed by atoms with Crippen molar-refractivity contribution in [3.8, 4) is 6.07 Å². The lowest BCUT2D eigenvalue weighted by molar-refractivity contribution is -0.143. The number of hydrogen-bond donors (Lipinski definition) is 2. The van der Waals surface area contributed by atoms with E-state index in [1.54, 1.807) is 0 Å². The van der Waals surface area contributed by atoms with Crippen LogP contribution in [0.5, 0.6) is 0 Å². The fourth-order valence-corrected chi connectivity index (χ4v) is 3.42. The third-order valence-electron chi connectivity index (χ3n) is 4.75. The van der Waals surface area contributed by atoms with Crippen LogP contribution in [0.1, 0.15) is 50.4 Å². The second-order valence-electron chi connectivity index (χ2n) is 6.47. The van der Waals surface area contributed by atoms with Gasteiger partial charge in [-0.15, -0.1) is 0 Å². The summed E-state index contributed by atoms with van der Waals surface area (Å²) in [6.45, 7) is 0. The molecule has 1 aliphatic carbocycles. The number of hydrogen-bond acceptors (Lipinski definition) is 4. The molecule has 2 aromatic rings. The summed E-state index contributed by atoms with van der Waals surface area (Å²) < 4.78 is 79.7. The summed E-state index contributed by atoms with van der Waals surface area (Å²) in [6.07, 6.45) is -14.4. The summed E-state index contributed by atoms with van der Waals surface area (Å²) in [6, 6.07) is 6.94. The first kappa shape index (κ1) is 20.8. The van der Waals surface area contributed by atoms with Crippen LogP contribution in [0, 0.1) is 17.2 Å². The number of nitrogens with zero attached hydrogens (tertiary/aromatic N) is 1. The number of carbonyl (C=O) groups excluding carboxylic acids is 1. The van der Waals surface area contributed by atoms with Gasteiger partial charge in [0.2, 0.25) is 0 Å². The number of rotatable bonds is 2. The highest BCUT2D eigenvalue weighted by Gasteiger charge is 2.46. The standard InChI is InChI=1S/C19H11F6NO3/c20-18(21,22)12-5-8(6-13(11(12)7-26)19(23,24)25)15(27)14-16(28)9-3-1-2-4-10(9)17(14)29/h1-6,14-16,27-28H. The lowest BCUT2D eigenvalue weighted by atomic mass is 9.87. The quantitative estimate of drug-likeness (QED) is 0.722. The molecule has 0 bridgehead atoms. The average molecular weight is 415 g/mol. The van der Waals surface area contributed by atoms with Crippen LogP contribution >= 0.6 is 0 Å². The highest BCUT2D eigenvalue weighted by atomic mass is 19.4. The maximum atomic E-state index is 13.3. The van der Waals surface area contributed by atoms with E-state index >= 15 is 0 Å². The van der Waals surface area contributed by atoms with Crippen molar-refractivity contribution in [2.45, 2.75) is 24.6 Å². The fraction of sp³-hybridized carbons (Fsp3) is 0.263. The van der Waals surface area contributed by atoms with Gasteiger partial charge >= 0.3 is 12.4 Å². The minimum atomic E-state index is -5.32. The molecule has 1 aliphatic rings. The maximum Gasteiger partial charge on any atom is 0.417 e. The zero-order valence-electron chi connectivity index (χ0n) is 14.2. The smallest absolute Gasteiger partial charge is 0.388 e. The Morgan fingerprint density at radius 3 is 1.97 bits per heavy atom. The van der Waals surface area contributed by atoms with Crippen LogP contribution in [0.2, 0.25) is 0 Å². The zero-order chi connectivity index (χ0) is 21.7. The SMILES string of the molecule is N#Cc1c(C(F)(F)F)cc(C(O)C2C(=O)c3ccccc3C2O)cc1C(F)(F)F. The number of aliphatic hydroxyl groups is 2. The van der Waals surface area contributed by atoms with Crippen LogP contribution in [0.25, 0.3) is 0 Å². The third kappa shape index (κ3) is 3.47. The second kappa shape index (κ2) is 6.86. The molecule has 0 heterocycles. The van der Waals surface area contributed by atoms with Crippen LogP contribution in [-0.2, 0) is 12.4 Å². The highest BCUT2D eigenvalue weighted by molar-refractivity contribution is 6.03. The Bertz CT molecular complexity index is 987. The normalized spacial score (nSPS) is 20.3. The lowest BCUT2D eigenvalue weighted by Gasteiger charge is -2.23. The van der Waals surface area contributed by atoms with E-state index in [0.717, 1.165) is 6.07 Å². The van der Waals surface area contributed by atoms with Gasteiger partial charge in [-0.1, -0.05) is 24.3 Å². The summed E-state index contributed by atoms with van der Waals surface area (Å²) in [5.41, 5.74) is -6.16. The molecule has 10 heteroatoms. The molecule has 4 nitrogen and oxygen atoms in total. The monoisotopic (exact) mass is 415 g/mol. The molecule has 0 amide bonds. The Labute approximate surface area is 159 Å². The number of ketones is 1. The van der Waals surface area contributed by atoms with Crippen molar-refractivity contribution >= 4 is 5.78 Å². The van der Waals surface area contributed by atoms with Crippen LogP contribution < -0.4 is 0 Å². The van der Waals surface area contributed by atoms with Crippen LogP contribution in [0.4, 0.5) is 26.3 Å². The summed E-state index contributed by atoms with van der Waals surface area (Å²) in [7, 11) is 0. The molecule has 29 heavy (non-hydrogen) atoms. The molecule has 3 rings (SSSR count). The zero-order valence-corrected chi connectivity index (χ0v) is 14.2. The lowest BCUT2D eigenvalue weighted by Crippen LogP contribution is -2.24. The van der Waals surface area contributed by atoms with E-state index in [-0.39, 0.29) is 23.3 Å². The molecule has 0 aromatic heterocycles. The van der Waals surface area contributed by atoms with E-state index in [1.165, 1.54) is 24.3 Å². The minimum Gasteiger partial charge on any atom is -0.388 e. The van der Waals surface area contributed by atoms with Crippen molar-refractivity contribution in [3.63, 3.8) is 0 Å². The Hall–Kier alpha value is -2.90. The fourth-order valence-electron chi connectivity index (χ4n) is 3.42. The third-order valence-corrected chi connectivity index (χ3v) is 4.75. The predicted octanol–water partition coefficient (Wildman–Crippen LogP) is 4.18. The van der Waals surface area contributed by atoms with Crippen LogP contribution in [-0.4, -0.2) is 16.0 Å². The summed E-state index contributed by atoms with van der Waals surface area (Å²) >= 11 is 0. The molecule has 3 unspecified atom stereocenters. The Morgan fingerprint density at radius 2 is 1.52 bits per heavy atom. The van der Waals surface area contributed by atoms with Gasteiger partial charge < -0.3 is 10.2 Å². The van der Waals surface area contributed by atoms with E-state index < -0.39 is 58.5 Å². The molecule has 0 aliphatic heterocycles. The van der Waals surface area contributed by atoms with Gasteiger partial charge in [-0.2, -0.15) is 31.6 Å². The molecule has 3 atom stereocenters. The van der Waals surface area contributed by atoms with E-state index in [4.69, 9.17) is 5.26 Å².